The van der Waals surface area contributed by atoms with Gasteiger partial charge in [0.1, 0.15) is 12.1 Å². The zero-order chi connectivity index (χ0) is 33.1. The molecule has 4 aliphatic rings. The molecule has 47 heavy (non-hydrogen) atoms. The van der Waals surface area contributed by atoms with Crippen molar-refractivity contribution in [3.8, 4) is 0 Å². The number of thiophene rings is 1. The summed E-state index contributed by atoms with van der Waals surface area (Å²) < 4.78 is 21.9. The number of aryl methyl sites for hydroxylation is 2. The van der Waals surface area contributed by atoms with Gasteiger partial charge >= 0.3 is 0 Å². The van der Waals surface area contributed by atoms with E-state index in [1.165, 1.54) is 10.9 Å². The molecular formula is C36H45FN4O5S. The topological polar surface area (TPSA) is 99.3 Å². The van der Waals surface area contributed by atoms with E-state index >= 15 is 4.39 Å². The maximum atomic E-state index is 15.5. The first kappa shape index (κ1) is 33.5. The molecule has 2 atom stereocenters. The molecular weight excluding hydrogens is 619 g/mol. The zero-order valence-electron chi connectivity index (χ0n) is 27.3. The highest BCUT2D eigenvalue weighted by molar-refractivity contribution is 7.10. The number of allylic oxidation sites excluding steroid dienone is 1. The summed E-state index contributed by atoms with van der Waals surface area (Å²) in [6.07, 6.45) is 11.0. The van der Waals surface area contributed by atoms with E-state index < -0.39 is 5.82 Å². The number of likely N-dealkylation sites (tertiary alicyclic amines) is 1. The zero-order valence-corrected chi connectivity index (χ0v) is 28.2. The minimum atomic E-state index is -0.526. The highest BCUT2D eigenvalue weighted by Gasteiger charge is 2.39. The first-order valence-electron chi connectivity index (χ1n) is 16.9. The number of piperazine rings is 1. The van der Waals surface area contributed by atoms with Crippen molar-refractivity contribution >= 4 is 47.1 Å². The van der Waals surface area contributed by atoms with Gasteiger partial charge < -0.3 is 24.6 Å². The number of nitrogens with one attached hydrogen (secondary N) is 1. The molecule has 1 aromatic heterocycles. The molecule has 252 valence electrons. The molecule has 9 nitrogen and oxygen atoms in total. The molecule has 0 unspecified atom stereocenters. The van der Waals surface area contributed by atoms with Crippen molar-refractivity contribution in [2.24, 2.45) is 5.92 Å². The van der Waals surface area contributed by atoms with Gasteiger partial charge in [-0.25, -0.2) is 4.39 Å². The van der Waals surface area contributed by atoms with E-state index in [-0.39, 0.29) is 48.2 Å². The maximum Gasteiger partial charge on any atom is 0.257 e. The Labute approximate surface area is 280 Å². The van der Waals surface area contributed by atoms with Crippen molar-refractivity contribution < 1.29 is 28.3 Å². The Bertz CT molecular complexity index is 1530. The predicted molar refractivity (Wildman–Crippen MR) is 180 cm³/mol. The van der Waals surface area contributed by atoms with E-state index in [4.69, 9.17) is 4.74 Å². The fourth-order valence-corrected chi connectivity index (χ4v) is 8.54. The molecule has 1 saturated carbocycles. The van der Waals surface area contributed by atoms with Crippen molar-refractivity contribution in [2.45, 2.75) is 83.4 Å². The third kappa shape index (κ3) is 7.68. The smallest absolute Gasteiger partial charge is 0.257 e. The number of benzene rings is 1. The predicted octanol–water partition coefficient (Wildman–Crippen LogP) is 4.86. The number of fused-ring (bicyclic) bond motifs is 1. The lowest BCUT2D eigenvalue weighted by molar-refractivity contribution is -0.133. The standard InChI is InChI=1S/C36H45FN4O5S/c1-23-15-26(32(37)18-33(23)38-36(45)31-22-47-34-6-4-3-5-30(31)34)16-35(44)41-19-27(40-13-11-39(12-14-40)24(2)43)17-28(41)21-46-29-9-7-25(20-42)8-10-29/h3,5,15,18,20,22,25,27-29H,4,6-14,16-17,19,21H2,1-2H3,(H,38,45)/t25?,27-,28-,29?/m0/s1. The second kappa shape index (κ2) is 14.8. The molecule has 2 saturated heterocycles. The second-order valence-electron chi connectivity index (χ2n) is 13.5. The normalized spacial score (nSPS) is 24.7. The lowest BCUT2D eigenvalue weighted by Crippen LogP contribution is -2.52. The SMILES string of the molecule is CC(=O)N1CCN([C@H]2C[C@@H](COC3CCC(C=O)CC3)N(C(=O)Cc3cc(C)c(NC(=O)c4csc5c4C=CCC5)cc3F)C2)CC1. The number of nitrogens with zero attached hydrogens (tertiary/aromatic N) is 3. The third-order valence-corrected chi connectivity index (χ3v) is 11.4. The van der Waals surface area contributed by atoms with Crippen molar-refractivity contribution in [3.05, 3.63) is 56.5 Å². The average Bonchev–Trinajstić information content (AvgIpc) is 3.71. The minimum absolute atomic E-state index is 0.0692. The molecule has 0 spiro atoms. The van der Waals surface area contributed by atoms with Gasteiger partial charge in [0, 0.05) is 73.1 Å². The van der Waals surface area contributed by atoms with Gasteiger partial charge in [-0.2, -0.15) is 0 Å². The number of carbonyl (C=O) groups is 4. The van der Waals surface area contributed by atoms with Crippen LogP contribution in [0.15, 0.2) is 23.6 Å². The second-order valence-corrected chi connectivity index (χ2v) is 14.4. The lowest BCUT2D eigenvalue weighted by Gasteiger charge is -2.37. The molecule has 2 aromatic rings. The fourth-order valence-electron chi connectivity index (χ4n) is 7.50. The first-order valence-corrected chi connectivity index (χ1v) is 17.8. The minimum Gasteiger partial charge on any atom is -0.376 e. The molecule has 6 rings (SSSR count). The Hall–Kier alpha value is -3.41. The van der Waals surface area contributed by atoms with E-state index in [0.717, 1.165) is 69.9 Å². The van der Waals surface area contributed by atoms with Gasteiger partial charge in [0.2, 0.25) is 11.8 Å². The van der Waals surface area contributed by atoms with Gasteiger partial charge in [-0.15, -0.1) is 11.3 Å². The summed E-state index contributed by atoms with van der Waals surface area (Å²) in [7, 11) is 0. The molecule has 2 aliphatic carbocycles. The van der Waals surface area contributed by atoms with E-state index in [0.29, 0.717) is 48.6 Å². The summed E-state index contributed by atoms with van der Waals surface area (Å²) in [4.78, 5) is 57.3. The number of halogens is 1. The van der Waals surface area contributed by atoms with Gasteiger partial charge in [-0.05, 0) is 69.1 Å². The maximum absolute atomic E-state index is 15.5. The molecule has 3 fully saturated rings. The molecule has 3 heterocycles. The van der Waals surface area contributed by atoms with Crippen molar-refractivity contribution in [3.63, 3.8) is 0 Å². The number of aldehydes is 1. The summed E-state index contributed by atoms with van der Waals surface area (Å²) in [6, 6.07) is 2.98. The Morgan fingerprint density at radius 3 is 2.60 bits per heavy atom. The van der Waals surface area contributed by atoms with Crippen LogP contribution >= 0.6 is 11.3 Å². The number of hydrogen-bond acceptors (Lipinski definition) is 7. The largest absolute Gasteiger partial charge is 0.376 e. The molecule has 0 bridgehead atoms. The average molecular weight is 665 g/mol. The molecule has 3 amide bonds. The van der Waals surface area contributed by atoms with Crippen LogP contribution in [0, 0.1) is 18.7 Å². The molecule has 11 heteroatoms. The Kier molecular flexibility index (Phi) is 10.5. The summed E-state index contributed by atoms with van der Waals surface area (Å²) in [5.41, 5.74) is 2.92. The van der Waals surface area contributed by atoms with E-state index in [1.54, 1.807) is 24.3 Å². The number of ether oxygens (including phenoxy) is 1. The van der Waals surface area contributed by atoms with Gasteiger partial charge in [0.05, 0.1) is 30.7 Å². The van der Waals surface area contributed by atoms with Crippen LogP contribution in [0.4, 0.5) is 10.1 Å². The van der Waals surface area contributed by atoms with Crippen LogP contribution in [0.3, 0.4) is 0 Å². The van der Waals surface area contributed by atoms with Crippen LogP contribution in [0.25, 0.3) is 6.08 Å². The summed E-state index contributed by atoms with van der Waals surface area (Å²) in [5.74, 6) is -0.764. The summed E-state index contributed by atoms with van der Waals surface area (Å²) >= 11 is 1.57. The Balaban J connectivity index is 1.12. The summed E-state index contributed by atoms with van der Waals surface area (Å²) in [5, 5.41) is 4.74. The number of hydrogen-bond donors (Lipinski definition) is 1. The van der Waals surface area contributed by atoms with Crippen LogP contribution in [0.1, 0.15) is 77.4 Å². The molecule has 2 aliphatic heterocycles. The quantitative estimate of drug-likeness (QED) is 0.385. The van der Waals surface area contributed by atoms with E-state index in [9.17, 15) is 19.2 Å². The van der Waals surface area contributed by atoms with Gasteiger partial charge in [-0.1, -0.05) is 18.2 Å². The monoisotopic (exact) mass is 664 g/mol. The van der Waals surface area contributed by atoms with Crippen molar-refractivity contribution in [1.29, 1.82) is 0 Å². The highest BCUT2D eigenvalue weighted by Crippen LogP contribution is 2.32. The van der Waals surface area contributed by atoms with Gasteiger partial charge in [0.15, 0.2) is 0 Å². The van der Waals surface area contributed by atoms with Crippen LogP contribution < -0.4 is 5.32 Å². The van der Waals surface area contributed by atoms with E-state index in [1.807, 2.05) is 28.2 Å². The van der Waals surface area contributed by atoms with E-state index in [2.05, 4.69) is 16.3 Å². The number of anilines is 1. The molecule has 1 aromatic carbocycles. The summed E-state index contributed by atoms with van der Waals surface area (Å²) in [6.45, 7) is 7.17. The van der Waals surface area contributed by atoms with Crippen LogP contribution in [0.5, 0.6) is 0 Å². The number of carbonyl (C=O) groups excluding carboxylic acids is 4. The molecule has 0 radical (unpaired) electrons. The lowest BCUT2D eigenvalue weighted by atomic mass is 9.88. The van der Waals surface area contributed by atoms with Crippen LogP contribution in [-0.2, 0) is 32.0 Å². The van der Waals surface area contributed by atoms with Crippen molar-refractivity contribution in [1.82, 2.24) is 14.7 Å². The van der Waals surface area contributed by atoms with Crippen molar-refractivity contribution in [2.75, 3.05) is 44.6 Å². The third-order valence-electron chi connectivity index (χ3n) is 10.4. The van der Waals surface area contributed by atoms with Crippen LogP contribution in [0.2, 0.25) is 0 Å². The van der Waals surface area contributed by atoms with Gasteiger partial charge in [0.25, 0.3) is 5.91 Å². The first-order chi connectivity index (χ1) is 22.7. The number of rotatable bonds is 9. The Morgan fingerprint density at radius 1 is 1.11 bits per heavy atom. The Morgan fingerprint density at radius 2 is 1.87 bits per heavy atom. The fraction of sp³-hybridized carbons (Fsp3) is 0.556. The van der Waals surface area contributed by atoms with Crippen LogP contribution in [-0.4, -0.2) is 96.2 Å². The molecule has 1 N–H and O–H groups in total. The number of amides is 3. The van der Waals surface area contributed by atoms with Gasteiger partial charge in [-0.3, -0.25) is 19.3 Å². The highest BCUT2D eigenvalue weighted by atomic mass is 32.1.